The van der Waals surface area contributed by atoms with Crippen molar-refractivity contribution in [2.45, 2.75) is 72.1 Å². The Kier molecular flexibility index (Phi) is 5.44. The summed E-state index contributed by atoms with van der Waals surface area (Å²) in [4.78, 5) is 2.52. The Morgan fingerprint density at radius 2 is 1.89 bits per heavy atom. The molecule has 114 valence electrons. The molecule has 0 aromatic rings. The summed E-state index contributed by atoms with van der Waals surface area (Å²) in [6, 6.07) is 0.502. The maximum atomic E-state index is 6.19. The van der Waals surface area contributed by atoms with Crippen molar-refractivity contribution in [3.05, 3.63) is 0 Å². The Bertz CT molecular complexity index is 285. The summed E-state index contributed by atoms with van der Waals surface area (Å²) >= 11 is 0. The van der Waals surface area contributed by atoms with E-state index in [1.165, 1.54) is 0 Å². The van der Waals surface area contributed by atoms with E-state index in [0.29, 0.717) is 18.1 Å². The van der Waals surface area contributed by atoms with Gasteiger partial charge in [0.15, 0.2) is 0 Å². The second kappa shape index (κ2) is 6.11. The molecule has 0 radical (unpaired) electrons. The minimum absolute atomic E-state index is 0.0971. The molecule has 0 bridgehead atoms. The molecule has 0 aromatic carbocycles. The Labute approximate surface area is 119 Å². The fourth-order valence-electron chi connectivity index (χ4n) is 3.01. The van der Waals surface area contributed by atoms with Crippen molar-refractivity contribution in [3.63, 3.8) is 0 Å². The zero-order chi connectivity index (χ0) is 14.8. The SMILES string of the molecule is CC(C)C1CC(CN)(N(C)C(C)C(C)(C)C)CCO1. The van der Waals surface area contributed by atoms with Crippen LogP contribution in [0.5, 0.6) is 0 Å². The Balaban J connectivity index is 2.90. The van der Waals surface area contributed by atoms with E-state index in [2.05, 4.69) is 53.5 Å². The molecule has 3 nitrogen and oxygen atoms in total. The minimum atomic E-state index is 0.0971. The zero-order valence-corrected chi connectivity index (χ0v) is 14.0. The fraction of sp³-hybridized carbons (Fsp3) is 1.00. The molecule has 1 heterocycles. The van der Waals surface area contributed by atoms with Gasteiger partial charge >= 0.3 is 0 Å². The van der Waals surface area contributed by atoms with Gasteiger partial charge in [0.1, 0.15) is 0 Å². The van der Waals surface area contributed by atoms with Crippen LogP contribution < -0.4 is 5.73 Å². The molecule has 1 rings (SSSR count). The van der Waals surface area contributed by atoms with Crippen LogP contribution in [0.15, 0.2) is 0 Å². The van der Waals surface area contributed by atoms with Crippen LogP contribution in [-0.4, -0.2) is 42.8 Å². The number of hydrogen-bond acceptors (Lipinski definition) is 3. The topological polar surface area (TPSA) is 38.5 Å². The predicted molar refractivity (Wildman–Crippen MR) is 82.3 cm³/mol. The summed E-state index contributed by atoms with van der Waals surface area (Å²) in [6.07, 6.45) is 2.44. The first-order chi connectivity index (χ1) is 8.64. The van der Waals surface area contributed by atoms with Crippen molar-refractivity contribution < 1.29 is 4.74 Å². The van der Waals surface area contributed by atoms with Gasteiger partial charge < -0.3 is 10.5 Å². The van der Waals surface area contributed by atoms with Crippen LogP contribution >= 0.6 is 0 Å². The van der Waals surface area contributed by atoms with E-state index in [-0.39, 0.29) is 11.0 Å². The molecule has 3 unspecified atom stereocenters. The third-order valence-corrected chi connectivity index (χ3v) is 5.19. The molecule has 1 fully saturated rings. The van der Waals surface area contributed by atoms with Gasteiger partial charge in [-0.2, -0.15) is 0 Å². The summed E-state index contributed by atoms with van der Waals surface area (Å²) < 4.78 is 5.93. The normalized spacial score (nSPS) is 30.9. The van der Waals surface area contributed by atoms with Crippen LogP contribution in [0.3, 0.4) is 0 Å². The van der Waals surface area contributed by atoms with Crippen molar-refractivity contribution >= 4 is 0 Å². The Morgan fingerprint density at radius 3 is 2.32 bits per heavy atom. The average molecular weight is 270 g/mol. The third kappa shape index (κ3) is 3.71. The summed E-state index contributed by atoms with van der Waals surface area (Å²) in [6.45, 7) is 15.3. The van der Waals surface area contributed by atoms with E-state index in [1.807, 2.05) is 0 Å². The summed E-state index contributed by atoms with van der Waals surface area (Å²) in [7, 11) is 2.24. The zero-order valence-electron chi connectivity index (χ0n) is 14.0. The van der Waals surface area contributed by atoms with E-state index in [0.717, 1.165) is 26.0 Å². The van der Waals surface area contributed by atoms with Gasteiger partial charge in [0.05, 0.1) is 6.10 Å². The monoisotopic (exact) mass is 270 g/mol. The Hall–Kier alpha value is -0.120. The van der Waals surface area contributed by atoms with Gasteiger partial charge in [0.25, 0.3) is 0 Å². The van der Waals surface area contributed by atoms with Gasteiger partial charge in [0, 0.05) is 24.7 Å². The number of hydrogen-bond donors (Lipinski definition) is 1. The first-order valence-corrected chi connectivity index (χ1v) is 7.68. The Morgan fingerprint density at radius 1 is 1.32 bits per heavy atom. The number of nitrogens with zero attached hydrogens (tertiary/aromatic N) is 1. The van der Waals surface area contributed by atoms with Crippen molar-refractivity contribution in [2.75, 3.05) is 20.2 Å². The van der Waals surface area contributed by atoms with E-state index >= 15 is 0 Å². The second-order valence-electron chi connectivity index (χ2n) is 7.69. The number of rotatable bonds is 4. The first-order valence-electron chi connectivity index (χ1n) is 7.68. The van der Waals surface area contributed by atoms with Gasteiger partial charge in [-0.25, -0.2) is 0 Å². The fourth-order valence-corrected chi connectivity index (χ4v) is 3.01. The smallest absolute Gasteiger partial charge is 0.0616 e. The molecule has 3 heteroatoms. The van der Waals surface area contributed by atoms with Gasteiger partial charge in [-0.3, -0.25) is 4.90 Å². The molecule has 0 aliphatic carbocycles. The third-order valence-electron chi connectivity index (χ3n) is 5.19. The molecular formula is C16H34N2O. The lowest BCUT2D eigenvalue weighted by Crippen LogP contribution is -2.62. The van der Waals surface area contributed by atoms with Crippen LogP contribution in [0.1, 0.15) is 54.4 Å². The predicted octanol–water partition coefficient (Wildman–Crippen LogP) is 2.89. The maximum Gasteiger partial charge on any atom is 0.0616 e. The largest absolute Gasteiger partial charge is 0.378 e. The van der Waals surface area contributed by atoms with Gasteiger partial charge in [0.2, 0.25) is 0 Å². The summed E-state index contributed by atoms with van der Waals surface area (Å²) in [5.41, 5.74) is 6.55. The van der Waals surface area contributed by atoms with E-state index in [1.54, 1.807) is 0 Å². The summed E-state index contributed by atoms with van der Waals surface area (Å²) in [5, 5.41) is 0. The highest BCUT2D eigenvalue weighted by atomic mass is 16.5. The molecular weight excluding hydrogens is 236 g/mol. The molecule has 1 aliphatic heterocycles. The number of nitrogens with two attached hydrogens (primary N) is 1. The van der Waals surface area contributed by atoms with Crippen molar-refractivity contribution in [1.82, 2.24) is 4.90 Å². The molecule has 19 heavy (non-hydrogen) atoms. The van der Waals surface area contributed by atoms with Gasteiger partial charge in [-0.1, -0.05) is 34.6 Å². The lowest BCUT2D eigenvalue weighted by Gasteiger charge is -2.52. The molecule has 0 aromatic heterocycles. The summed E-state index contributed by atoms with van der Waals surface area (Å²) in [5.74, 6) is 0.560. The van der Waals surface area contributed by atoms with Crippen LogP contribution in [0, 0.1) is 11.3 Å². The molecule has 0 saturated carbocycles. The van der Waals surface area contributed by atoms with Crippen molar-refractivity contribution in [2.24, 2.45) is 17.1 Å². The molecule has 1 saturated heterocycles. The molecule has 3 atom stereocenters. The highest BCUT2D eigenvalue weighted by Crippen LogP contribution is 2.36. The van der Waals surface area contributed by atoms with Crippen LogP contribution in [0.4, 0.5) is 0 Å². The number of ether oxygens (including phenoxy) is 1. The van der Waals surface area contributed by atoms with E-state index in [4.69, 9.17) is 10.5 Å². The van der Waals surface area contributed by atoms with Gasteiger partial charge in [-0.05, 0) is 38.1 Å². The highest BCUT2D eigenvalue weighted by Gasteiger charge is 2.43. The quantitative estimate of drug-likeness (QED) is 0.853. The second-order valence-corrected chi connectivity index (χ2v) is 7.69. The molecule has 0 amide bonds. The highest BCUT2D eigenvalue weighted by molar-refractivity contribution is 4.99. The molecule has 0 spiro atoms. The first kappa shape index (κ1) is 16.9. The minimum Gasteiger partial charge on any atom is -0.378 e. The van der Waals surface area contributed by atoms with E-state index in [9.17, 15) is 0 Å². The van der Waals surface area contributed by atoms with Crippen LogP contribution in [0.2, 0.25) is 0 Å². The van der Waals surface area contributed by atoms with Crippen LogP contribution in [-0.2, 0) is 4.74 Å². The molecule has 2 N–H and O–H groups in total. The standard InChI is InChI=1S/C16H34N2O/c1-12(2)14-10-16(11-17,8-9-19-14)18(7)13(3)15(4,5)6/h12-14H,8-11,17H2,1-7H3. The lowest BCUT2D eigenvalue weighted by molar-refractivity contribution is -0.0989. The van der Waals surface area contributed by atoms with Crippen LogP contribution in [0.25, 0.3) is 0 Å². The van der Waals surface area contributed by atoms with Crippen molar-refractivity contribution in [3.8, 4) is 0 Å². The van der Waals surface area contributed by atoms with E-state index < -0.39 is 0 Å². The lowest BCUT2D eigenvalue weighted by atomic mass is 9.78. The van der Waals surface area contributed by atoms with Crippen molar-refractivity contribution in [1.29, 1.82) is 0 Å². The van der Waals surface area contributed by atoms with Gasteiger partial charge in [-0.15, -0.1) is 0 Å². The molecule has 1 aliphatic rings. The average Bonchev–Trinajstić information content (AvgIpc) is 2.35. The number of likely N-dealkylation sites (N-methyl/N-ethyl adjacent to an activating group) is 1. The maximum absolute atomic E-state index is 6.19.